The molecule has 1 aliphatic rings. The first-order chi connectivity index (χ1) is 12.7. The average molecular weight is 386 g/mol. The van der Waals surface area contributed by atoms with Crippen LogP contribution in [0.1, 0.15) is 35.4 Å². The van der Waals surface area contributed by atoms with Crippen molar-refractivity contribution in [1.82, 2.24) is 20.3 Å². The normalized spacial score (nSPS) is 19.9. The SMILES string of the molecule is O=C(N[C@@H]1CC[C@H](C(=O)O)C1)c1nnn(-c2cccc(F)c2)c1C(F)(F)F. The lowest BCUT2D eigenvalue weighted by Gasteiger charge is -2.14. The van der Waals surface area contributed by atoms with E-state index in [0.717, 1.165) is 12.1 Å². The highest BCUT2D eigenvalue weighted by molar-refractivity contribution is 5.93. The first-order valence-corrected chi connectivity index (χ1v) is 7.99. The van der Waals surface area contributed by atoms with E-state index >= 15 is 0 Å². The second-order valence-electron chi connectivity index (χ2n) is 6.19. The van der Waals surface area contributed by atoms with Crippen LogP contribution in [0.5, 0.6) is 0 Å². The molecule has 1 amide bonds. The van der Waals surface area contributed by atoms with Crippen LogP contribution in [-0.2, 0) is 11.0 Å². The molecule has 1 aromatic heterocycles. The maximum absolute atomic E-state index is 13.5. The minimum absolute atomic E-state index is 0.125. The zero-order valence-corrected chi connectivity index (χ0v) is 13.7. The molecule has 0 radical (unpaired) electrons. The van der Waals surface area contributed by atoms with Crippen molar-refractivity contribution in [3.8, 4) is 5.69 Å². The molecule has 0 saturated heterocycles. The quantitative estimate of drug-likeness (QED) is 0.787. The van der Waals surface area contributed by atoms with Crippen molar-refractivity contribution < 1.29 is 32.3 Å². The Morgan fingerprint density at radius 2 is 2.00 bits per heavy atom. The second kappa shape index (κ2) is 6.97. The largest absolute Gasteiger partial charge is 0.481 e. The fourth-order valence-corrected chi connectivity index (χ4v) is 3.07. The number of aliphatic carboxylic acids is 1. The highest BCUT2D eigenvalue weighted by Crippen LogP contribution is 2.33. The third-order valence-corrected chi connectivity index (χ3v) is 4.32. The van der Waals surface area contributed by atoms with Gasteiger partial charge in [-0.15, -0.1) is 5.10 Å². The molecule has 0 aliphatic heterocycles. The fraction of sp³-hybridized carbons (Fsp3) is 0.375. The van der Waals surface area contributed by atoms with Crippen molar-refractivity contribution in [2.24, 2.45) is 5.92 Å². The predicted molar refractivity (Wildman–Crippen MR) is 82.6 cm³/mol. The third kappa shape index (κ3) is 3.91. The number of rotatable bonds is 4. The van der Waals surface area contributed by atoms with Gasteiger partial charge in [0.05, 0.1) is 11.6 Å². The van der Waals surface area contributed by atoms with Gasteiger partial charge in [-0.1, -0.05) is 11.3 Å². The van der Waals surface area contributed by atoms with Crippen molar-refractivity contribution in [2.75, 3.05) is 0 Å². The number of hydrogen-bond donors (Lipinski definition) is 2. The minimum Gasteiger partial charge on any atom is -0.481 e. The van der Waals surface area contributed by atoms with E-state index in [1.54, 1.807) is 0 Å². The number of amides is 1. The Morgan fingerprint density at radius 3 is 2.59 bits per heavy atom. The molecule has 0 spiro atoms. The maximum atomic E-state index is 13.5. The molecule has 1 aliphatic carbocycles. The number of alkyl halides is 3. The summed E-state index contributed by atoms with van der Waals surface area (Å²) < 4.78 is 54.3. The average Bonchev–Trinajstić information content (AvgIpc) is 3.21. The van der Waals surface area contributed by atoms with Crippen molar-refractivity contribution in [3.63, 3.8) is 0 Å². The van der Waals surface area contributed by atoms with Crippen LogP contribution in [0, 0.1) is 11.7 Å². The molecule has 2 N–H and O–H groups in total. The Hall–Kier alpha value is -2.98. The van der Waals surface area contributed by atoms with Crippen molar-refractivity contribution in [1.29, 1.82) is 0 Å². The van der Waals surface area contributed by atoms with Gasteiger partial charge in [0.25, 0.3) is 5.91 Å². The number of benzene rings is 1. The summed E-state index contributed by atoms with van der Waals surface area (Å²) in [5.41, 5.74) is -2.62. The Kier molecular flexibility index (Phi) is 4.85. The van der Waals surface area contributed by atoms with E-state index in [-0.39, 0.29) is 12.1 Å². The summed E-state index contributed by atoms with van der Waals surface area (Å²) in [7, 11) is 0. The number of carboxylic acid groups (broad SMARTS) is 1. The van der Waals surface area contributed by atoms with Gasteiger partial charge in [-0.05, 0) is 37.5 Å². The van der Waals surface area contributed by atoms with E-state index in [2.05, 4.69) is 15.6 Å². The Morgan fingerprint density at radius 1 is 1.26 bits per heavy atom. The molecule has 2 aromatic rings. The summed E-state index contributed by atoms with van der Waals surface area (Å²) in [5, 5.41) is 18.0. The number of halogens is 4. The van der Waals surface area contributed by atoms with Crippen LogP contribution in [0.3, 0.4) is 0 Å². The van der Waals surface area contributed by atoms with E-state index in [1.165, 1.54) is 12.1 Å². The summed E-state index contributed by atoms with van der Waals surface area (Å²) >= 11 is 0. The standard InChI is InChI=1S/C16H14F4N4O3/c17-9-2-1-3-11(7-9)24-13(16(18,19)20)12(22-23-24)14(25)21-10-5-4-8(6-10)15(26)27/h1-3,7-8,10H,4-6H2,(H,21,25)(H,26,27)/t8-,10+/m0/s1. The molecule has 3 rings (SSSR count). The van der Waals surface area contributed by atoms with E-state index in [1.807, 2.05) is 0 Å². The van der Waals surface area contributed by atoms with Crippen molar-refractivity contribution >= 4 is 11.9 Å². The molecule has 0 unspecified atom stereocenters. The maximum Gasteiger partial charge on any atom is 0.435 e. The molecule has 1 saturated carbocycles. The van der Waals surface area contributed by atoms with Crippen molar-refractivity contribution in [2.45, 2.75) is 31.5 Å². The Bertz CT molecular complexity index is 881. The number of nitrogens with one attached hydrogen (secondary N) is 1. The number of carbonyl (C=O) groups excluding carboxylic acids is 1. The summed E-state index contributed by atoms with van der Waals surface area (Å²) in [4.78, 5) is 23.3. The monoisotopic (exact) mass is 386 g/mol. The van der Waals surface area contributed by atoms with Gasteiger partial charge in [0.1, 0.15) is 5.82 Å². The molecular formula is C16H14F4N4O3. The molecule has 11 heteroatoms. The molecule has 2 atom stereocenters. The smallest absolute Gasteiger partial charge is 0.435 e. The van der Waals surface area contributed by atoms with Crippen LogP contribution in [-0.4, -0.2) is 38.0 Å². The number of hydrogen-bond acceptors (Lipinski definition) is 4. The molecule has 7 nitrogen and oxygen atoms in total. The highest BCUT2D eigenvalue weighted by atomic mass is 19.4. The van der Waals surface area contributed by atoms with E-state index in [9.17, 15) is 27.2 Å². The van der Waals surface area contributed by atoms with Gasteiger partial charge >= 0.3 is 12.1 Å². The van der Waals surface area contributed by atoms with Crippen LogP contribution >= 0.6 is 0 Å². The number of nitrogens with zero attached hydrogens (tertiary/aromatic N) is 3. The molecular weight excluding hydrogens is 372 g/mol. The van der Waals surface area contributed by atoms with Crippen molar-refractivity contribution in [3.05, 3.63) is 41.5 Å². The first kappa shape index (κ1) is 18.8. The number of carboxylic acids is 1. The van der Waals surface area contributed by atoms with Gasteiger partial charge < -0.3 is 10.4 Å². The van der Waals surface area contributed by atoms with Gasteiger partial charge in [-0.2, -0.15) is 13.2 Å². The van der Waals surface area contributed by atoms with Gasteiger partial charge in [0, 0.05) is 6.04 Å². The lowest BCUT2D eigenvalue weighted by molar-refractivity contribution is -0.143. The predicted octanol–water partition coefficient (Wildman–Crippen LogP) is 2.41. The van der Waals surface area contributed by atoms with Crippen LogP contribution in [0.25, 0.3) is 5.69 Å². The third-order valence-electron chi connectivity index (χ3n) is 4.32. The summed E-state index contributed by atoms with van der Waals surface area (Å²) in [6, 6.07) is 3.72. The van der Waals surface area contributed by atoms with Crippen LogP contribution in [0.4, 0.5) is 17.6 Å². The highest BCUT2D eigenvalue weighted by Gasteiger charge is 2.42. The zero-order valence-electron chi connectivity index (χ0n) is 13.7. The van der Waals surface area contributed by atoms with Crippen LogP contribution in [0.15, 0.2) is 24.3 Å². The number of carbonyl (C=O) groups is 2. The molecule has 1 fully saturated rings. The topological polar surface area (TPSA) is 97.1 Å². The number of aromatic nitrogens is 3. The Balaban J connectivity index is 1.90. The van der Waals surface area contributed by atoms with E-state index in [0.29, 0.717) is 17.5 Å². The minimum atomic E-state index is -4.97. The molecule has 27 heavy (non-hydrogen) atoms. The molecule has 1 heterocycles. The van der Waals surface area contributed by atoms with E-state index in [4.69, 9.17) is 5.11 Å². The molecule has 1 aromatic carbocycles. The summed E-state index contributed by atoms with van der Waals surface area (Å²) in [6.07, 6.45) is -4.19. The lowest BCUT2D eigenvalue weighted by atomic mass is 10.1. The molecule has 0 bridgehead atoms. The van der Waals surface area contributed by atoms with Gasteiger partial charge in [0.15, 0.2) is 11.4 Å². The van der Waals surface area contributed by atoms with Gasteiger partial charge in [-0.3, -0.25) is 9.59 Å². The Labute approximate surface area is 150 Å². The lowest BCUT2D eigenvalue weighted by Crippen LogP contribution is -2.35. The van der Waals surface area contributed by atoms with Gasteiger partial charge in [-0.25, -0.2) is 9.07 Å². The zero-order chi connectivity index (χ0) is 19.8. The first-order valence-electron chi connectivity index (χ1n) is 7.99. The summed E-state index contributed by atoms with van der Waals surface area (Å²) in [6.45, 7) is 0. The van der Waals surface area contributed by atoms with Crippen LogP contribution in [0.2, 0.25) is 0 Å². The van der Waals surface area contributed by atoms with E-state index < -0.39 is 47.2 Å². The van der Waals surface area contributed by atoms with Crippen LogP contribution < -0.4 is 5.32 Å². The molecule has 144 valence electrons. The summed E-state index contributed by atoms with van der Waals surface area (Å²) in [5.74, 6) is -3.55. The second-order valence-corrected chi connectivity index (χ2v) is 6.19. The fourth-order valence-electron chi connectivity index (χ4n) is 3.07. The van der Waals surface area contributed by atoms with Gasteiger partial charge in [0.2, 0.25) is 0 Å².